The van der Waals surface area contributed by atoms with Gasteiger partial charge in [0.1, 0.15) is 6.33 Å². The summed E-state index contributed by atoms with van der Waals surface area (Å²) in [7, 11) is 0. The fraction of sp³-hybridized carbons (Fsp3) is 0.263. The van der Waals surface area contributed by atoms with Crippen molar-refractivity contribution in [3.63, 3.8) is 0 Å². The van der Waals surface area contributed by atoms with Crippen molar-refractivity contribution in [2.45, 2.75) is 6.92 Å². The average molecular weight is 348 g/mol. The van der Waals surface area contributed by atoms with Crippen LogP contribution < -0.4 is 4.90 Å². The molecular weight excluding hydrogens is 328 g/mol. The summed E-state index contributed by atoms with van der Waals surface area (Å²) in [5, 5.41) is 8.58. The molecule has 2 aromatic heterocycles. The first kappa shape index (κ1) is 16.3. The molecule has 3 heterocycles. The van der Waals surface area contributed by atoms with Crippen LogP contribution in [0.2, 0.25) is 0 Å². The zero-order chi connectivity index (χ0) is 17.9. The second kappa shape index (κ2) is 6.95. The molecular formula is C19H20N6O. The first-order chi connectivity index (χ1) is 12.7. The Kier molecular flexibility index (Phi) is 4.35. The molecule has 132 valence electrons. The lowest BCUT2D eigenvalue weighted by molar-refractivity contribution is 0.0745. The predicted octanol–water partition coefficient (Wildman–Crippen LogP) is 1.93. The number of aryl methyl sites for hydroxylation is 1. The van der Waals surface area contributed by atoms with E-state index in [1.54, 1.807) is 12.5 Å². The van der Waals surface area contributed by atoms with Crippen molar-refractivity contribution in [2.24, 2.45) is 0 Å². The molecule has 26 heavy (non-hydrogen) atoms. The molecule has 0 radical (unpaired) electrons. The van der Waals surface area contributed by atoms with Crippen LogP contribution in [0.4, 0.5) is 5.82 Å². The van der Waals surface area contributed by atoms with Gasteiger partial charge < -0.3 is 9.80 Å². The molecule has 3 aromatic rings. The van der Waals surface area contributed by atoms with Crippen LogP contribution in [0, 0.1) is 6.92 Å². The molecule has 0 bridgehead atoms. The minimum atomic E-state index is 0.101. The van der Waals surface area contributed by atoms with Crippen molar-refractivity contribution in [3.05, 3.63) is 66.2 Å². The van der Waals surface area contributed by atoms with Crippen molar-refractivity contribution in [1.29, 1.82) is 0 Å². The number of carbonyl (C=O) groups excluding carboxylic acids is 1. The van der Waals surface area contributed by atoms with Gasteiger partial charge in [0, 0.05) is 44.1 Å². The van der Waals surface area contributed by atoms with Gasteiger partial charge in [0.15, 0.2) is 11.6 Å². The van der Waals surface area contributed by atoms with Gasteiger partial charge in [-0.3, -0.25) is 9.36 Å². The molecule has 1 fully saturated rings. The Morgan fingerprint density at radius 2 is 1.69 bits per heavy atom. The summed E-state index contributed by atoms with van der Waals surface area (Å²) < 4.78 is 1.82. The van der Waals surface area contributed by atoms with E-state index in [0.29, 0.717) is 13.1 Å². The predicted molar refractivity (Wildman–Crippen MR) is 98.4 cm³/mol. The quantitative estimate of drug-likeness (QED) is 0.724. The molecule has 0 aliphatic carbocycles. The van der Waals surface area contributed by atoms with Gasteiger partial charge >= 0.3 is 0 Å². The molecule has 7 nitrogen and oxygen atoms in total. The van der Waals surface area contributed by atoms with Gasteiger partial charge in [-0.05, 0) is 30.7 Å². The lowest BCUT2D eigenvalue weighted by Crippen LogP contribution is -2.49. The lowest BCUT2D eigenvalue weighted by atomic mass is 10.1. The van der Waals surface area contributed by atoms with Gasteiger partial charge in [0.25, 0.3) is 5.91 Å². The van der Waals surface area contributed by atoms with Crippen LogP contribution in [0.5, 0.6) is 0 Å². The number of hydrogen-bond donors (Lipinski definition) is 0. The van der Waals surface area contributed by atoms with E-state index in [-0.39, 0.29) is 5.91 Å². The van der Waals surface area contributed by atoms with Crippen LogP contribution in [-0.2, 0) is 0 Å². The van der Waals surface area contributed by atoms with Crippen molar-refractivity contribution in [1.82, 2.24) is 24.6 Å². The number of aromatic nitrogens is 4. The molecule has 0 unspecified atom stereocenters. The maximum absolute atomic E-state index is 12.7. The van der Waals surface area contributed by atoms with Crippen molar-refractivity contribution < 1.29 is 4.79 Å². The number of imidazole rings is 1. The molecule has 0 spiro atoms. The van der Waals surface area contributed by atoms with Gasteiger partial charge in [0.05, 0.1) is 0 Å². The molecule has 0 N–H and O–H groups in total. The van der Waals surface area contributed by atoms with E-state index in [1.807, 2.05) is 59.0 Å². The summed E-state index contributed by atoms with van der Waals surface area (Å²) in [5.74, 6) is 1.67. The van der Waals surface area contributed by atoms with E-state index in [2.05, 4.69) is 20.1 Å². The molecule has 1 aromatic carbocycles. The van der Waals surface area contributed by atoms with Crippen LogP contribution in [0.15, 0.2) is 55.1 Å². The van der Waals surface area contributed by atoms with E-state index in [4.69, 9.17) is 0 Å². The standard InChI is InChI=1S/C19H20N6O/c1-15-4-2-3-5-16(15)19(26)24-12-10-23(11-13-24)17-6-7-18(22-21-17)25-9-8-20-14-25/h2-9,14H,10-13H2,1H3. The molecule has 0 saturated carbocycles. The number of carbonyl (C=O) groups is 1. The fourth-order valence-corrected chi connectivity index (χ4v) is 3.14. The summed E-state index contributed by atoms with van der Waals surface area (Å²) >= 11 is 0. The van der Waals surface area contributed by atoms with Crippen molar-refractivity contribution in [2.75, 3.05) is 31.1 Å². The van der Waals surface area contributed by atoms with Crippen LogP contribution >= 0.6 is 0 Å². The highest BCUT2D eigenvalue weighted by Gasteiger charge is 2.23. The number of piperazine rings is 1. The highest BCUT2D eigenvalue weighted by atomic mass is 16.2. The molecule has 1 aliphatic heterocycles. The monoisotopic (exact) mass is 348 g/mol. The molecule has 0 atom stereocenters. The molecule has 7 heteroatoms. The first-order valence-corrected chi connectivity index (χ1v) is 8.64. The summed E-state index contributed by atoms with van der Waals surface area (Å²) in [6.07, 6.45) is 5.24. The number of rotatable bonds is 3. The number of benzene rings is 1. The summed E-state index contributed by atoms with van der Waals surface area (Å²) in [6.45, 7) is 4.82. The normalized spacial score (nSPS) is 14.5. The van der Waals surface area contributed by atoms with Crippen LogP contribution in [0.1, 0.15) is 15.9 Å². The Hall–Kier alpha value is -3.22. The minimum Gasteiger partial charge on any atom is -0.352 e. The molecule has 1 saturated heterocycles. The Bertz CT molecular complexity index is 883. The number of hydrogen-bond acceptors (Lipinski definition) is 5. The summed E-state index contributed by atoms with van der Waals surface area (Å²) in [6, 6.07) is 11.6. The third-order valence-electron chi connectivity index (χ3n) is 4.67. The van der Waals surface area contributed by atoms with Gasteiger partial charge in [-0.2, -0.15) is 0 Å². The first-order valence-electron chi connectivity index (χ1n) is 8.64. The van der Waals surface area contributed by atoms with E-state index in [9.17, 15) is 4.79 Å². The Balaban J connectivity index is 1.40. The average Bonchev–Trinajstić information content (AvgIpc) is 3.23. The van der Waals surface area contributed by atoms with Crippen LogP contribution in [0.3, 0.4) is 0 Å². The Morgan fingerprint density at radius 3 is 2.35 bits per heavy atom. The fourth-order valence-electron chi connectivity index (χ4n) is 3.14. The maximum atomic E-state index is 12.7. The van der Waals surface area contributed by atoms with Crippen LogP contribution in [-0.4, -0.2) is 56.7 Å². The highest BCUT2D eigenvalue weighted by Crippen LogP contribution is 2.17. The second-order valence-corrected chi connectivity index (χ2v) is 6.31. The van der Waals surface area contributed by atoms with Crippen LogP contribution in [0.25, 0.3) is 5.82 Å². The number of amides is 1. The van der Waals surface area contributed by atoms with E-state index < -0.39 is 0 Å². The Morgan fingerprint density at radius 1 is 0.962 bits per heavy atom. The topological polar surface area (TPSA) is 67.2 Å². The zero-order valence-electron chi connectivity index (χ0n) is 14.6. The van der Waals surface area contributed by atoms with Crippen molar-refractivity contribution in [3.8, 4) is 5.82 Å². The van der Waals surface area contributed by atoms with Crippen molar-refractivity contribution >= 4 is 11.7 Å². The lowest BCUT2D eigenvalue weighted by Gasteiger charge is -2.35. The largest absolute Gasteiger partial charge is 0.352 e. The van der Waals surface area contributed by atoms with E-state index >= 15 is 0 Å². The van der Waals surface area contributed by atoms with E-state index in [0.717, 1.165) is 35.9 Å². The Labute approximate surface area is 151 Å². The third kappa shape index (κ3) is 3.15. The smallest absolute Gasteiger partial charge is 0.254 e. The minimum absolute atomic E-state index is 0.101. The SMILES string of the molecule is Cc1ccccc1C(=O)N1CCN(c2ccc(-n3ccnc3)nn2)CC1. The van der Waals surface area contributed by atoms with Gasteiger partial charge in [-0.15, -0.1) is 10.2 Å². The van der Waals surface area contributed by atoms with Gasteiger partial charge in [-0.25, -0.2) is 4.98 Å². The number of anilines is 1. The van der Waals surface area contributed by atoms with E-state index in [1.165, 1.54) is 0 Å². The second-order valence-electron chi connectivity index (χ2n) is 6.31. The zero-order valence-corrected chi connectivity index (χ0v) is 14.6. The molecule has 4 rings (SSSR count). The molecule has 1 aliphatic rings. The van der Waals surface area contributed by atoms with Gasteiger partial charge in [-0.1, -0.05) is 18.2 Å². The highest BCUT2D eigenvalue weighted by molar-refractivity contribution is 5.95. The van der Waals surface area contributed by atoms with Gasteiger partial charge in [0.2, 0.25) is 0 Å². The third-order valence-corrected chi connectivity index (χ3v) is 4.67. The summed E-state index contributed by atoms with van der Waals surface area (Å²) in [4.78, 5) is 20.8. The number of nitrogens with zero attached hydrogens (tertiary/aromatic N) is 6. The maximum Gasteiger partial charge on any atom is 0.254 e. The molecule has 1 amide bonds. The summed E-state index contributed by atoms with van der Waals surface area (Å²) in [5.41, 5.74) is 1.80.